The van der Waals surface area contributed by atoms with E-state index in [0.29, 0.717) is 22.2 Å². The van der Waals surface area contributed by atoms with Gasteiger partial charge < -0.3 is 19.7 Å². The number of nitrogens with zero attached hydrogens (tertiary/aromatic N) is 4. The first-order valence-electron chi connectivity index (χ1n) is 10.7. The van der Waals surface area contributed by atoms with Crippen molar-refractivity contribution in [3.8, 4) is 11.9 Å². The molecular weight excluding hydrogens is 418 g/mol. The number of methoxy groups -OCH3 is 1. The highest BCUT2D eigenvalue weighted by Crippen LogP contribution is 2.31. The van der Waals surface area contributed by atoms with Crippen molar-refractivity contribution in [2.75, 3.05) is 7.11 Å². The van der Waals surface area contributed by atoms with Gasteiger partial charge in [-0.05, 0) is 44.9 Å². The fourth-order valence-electron chi connectivity index (χ4n) is 4.25. The highest BCUT2D eigenvalue weighted by molar-refractivity contribution is 6.07. The lowest BCUT2D eigenvalue weighted by molar-refractivity contribution is 0.0951. The van der Waals surface area contributed by atoms with Crippen molar-refractivity contribution >= 4 is 16.9 Å². The number of pyridine rings is 1. The standard InChI is InChI=1S/C25H27N5O3/c1-14-11-15(2)28-23(31)19(14)12-26-24(32)21-17(4)30(16(3)18-9-7-6-8-10-18)22-20(21)13-27-25(29-22)33-5/h6-11,13,16H,12H2,1-5H3,(H,26,32)(H,28,31). The molecule has 8 nitrogen and oxygen atoms in total. The van der Waals surface area contributed by atoms with Gasteiger partial charge in [0.25, 0.3) is 5.91 Å². The molecule has 1 atom stereocenters. The number of nitrogens with one attached hydrogen (secondary N) is 1. The highest BCUT2D eigenvalue weighted by atomic mass is 16.5. The summed E-state index contributed by atoms with van der Waals surface area (Å²) >= 11 is 0. The molecule has 0 fully saturated rings. The van der Waals surface area contributed by atoms with Crippen molar-refractivity contribution in [3.05, 3.63) is 76.2 Å². The molecule has 33 heavy (non-hydrogen) atoms. The van der Waals surface area contributed by atoms with E-state index in [9.17, 15) is 9.90 Å². The van der Waals surface area contributed by atoms with Gasteiger partial charge in [0.2, 0.25) is 5.88 Å². The highest BCUT2D eigenvalue weighted by Gasteiger charge is 2.25. The molecule has 0 saturated carbocycles. The minimum Gasteiger partial charge on any atom is -0.493 e. The molecule has 0 bridgehead atoms. The average Bonchev–Trinajstić information content (AvgIpc) is 3.09. The maximum absolute atomic E-state index is 13.4. The number of benzene rings is 1. The Kier molecular flexibility index (Phi) is 6.00. The first kappa shape index (κ1) is 22.3. The van der Waals surface area contributed by atoms with E-state index >= 15 is 0 Å². The van der Waals surface area contributed by atoms with E-state index in [-0.39, 0.29) is 30.4 Å². The molecular formula is C25H27N5O3. The largest absolute Gasteiger partial charge is 0.493 e. The van der Waals surface area contributed by atoms with Crippen LogP contribution in [0, 0.1) is 20.8 Å². The van der Waals surface area contributed by atoms with Crippen molar-refractivity contribution in [3.63, 3.8) is 0 Å². The van der Waals surface area contributed by atoms with Gasteiger partial charge in [-0.2, -0.15) is 4.98 Å². The number of aromatic hydroxyl groups is 1. The summed E-state index contributed by atoms with van der Waals surface area (Å²) in [5.41, 5.74) is 5.15. The summed E-state index contributed by atoms with van der Waals surface area (Å²) in [4.78, 5) is 26.2. The van der Waals surface area contributed by atoms with Gasteiger partial charge in [0.1, 0.15) is 5.65 Å². The van der Waals surface area contributed by atoms with Crippen LogP contribution in [0.5, 0.6) is 11.9 Å². The topological polar surface area (TPSA) is 102 Å². The van der Waals surface area contributed by atoms with E-state index in [2.05, 4.69) is 27.2 Å². The molecule has 0 spiro atoms. The van der Waals surface area contributed by atoms with E-state index < -0.39 is 0 Å². The number of aryl methyl sites for hydroxylation is 2. The Morgan fingerprint density at radius 2 is 1.91 bits per heavy atom. The molecule has 1 aromatic carbocycles. The maximum atomic E-state index is 13.4. The SMILES string of the molecule is COc1ncc2c(C(=O)NCc3c(C)cc(C)nc3O)c(C)n(C(C)c3ccccc3)c2n1. The lowest BCUT2D eigenvalue weighted by Crippen LogP contribution is -2.24. The smallest absolute Gasteiger partial charge is 0.318 e. The minimum absolute atomic E-state index is 0.0672. The zero-order valence-electron chi connectivity index (χ0n) is 19.4. The normalized spacial score (nSPS) is 12.0. The van der Waals surface area contributed by atoms with Crippen molar-refractivity contribution in [1.82, 2.24) is 24.8 Å². The van der Waals surface area contributed by atoms with Crippen LogP contribution in [0.3, 0.4) is 0 Å². The molecule has 0 aliphatic rings. The fourth-order valence-corrected chi connectivity index (χ4v) is 4.25. The van der Waals surface area contributed by atoms with E-state index in [4.69, 9.17) is 4.74 Å². The van der Waals surface area contributed by atoms with E-state index in [1.54, 1.807) is 6.20 Å². The van der Waals surface area contributed by atoms with Crippen LogP contribution in [0.15, 0.2) is 42.6 Å². The Bertz CT molecular complexity index is 1310. The van der Waals surface area contributed by atoms with Gasteiger partial charge in [-0.25, -0.2) is 9.97 Å². The number of amides is 1. The molecule has 0 aliphatic carbocycles. The molecule has 1 unspecified atom stereocenters. The molecule has 8 heteroatoms. The quantitative estimate of drug-likeness (QED) is 0.465. The molecule has 3 aromatic heterocycles. The summed E-state index contributed by atoms with van der Waals surface area (Å²) in [5.74, 6) is -0.345. The fraction of sp³-hybridized carbons (Fsp3) is 0.280. The van der Waals surface area contributed by atoms with Crippen LogP contribution in [-0.4, -0.2) is 37.6 Å². The maximum Gasteiger partial charge on any atom is 0.318 e. The van der Waals surface area contributed by atoms with Crippen LogP contribution in [0.4, 0.5) is 0 Å². The molecule has 4 aromatic rings. The third kappa shape index (κ3) is 4.11. The summed E-state index contributed by atoms with van der Waals surface area (Å²) in [7, 11) is 1.51. The summed E-state index contributed by atoms with van der Waals surface area (Å²) in [6.07, 6.45) is 1.62. The molecule has 2 N–H and O–H groups in total. The second kappa shape index (κ2) is 8.90. The number of aromatic nitrogens is 4. The average molecular weight is 446 g/mol. The monoisotopic (exact) mass is 445 g/mol. The summed E-state index contributed by atoms with van der Waals surface area (Å²) in [6.45, 7) is 7.82. The zero-order valence-corrected chi connectivity index (χ0v) is 19.4. The summed E-state index contributed by atoms with van der Waals surface area (Å²) in [6, 6.07) is 12.1. The first-order chi connectivity index (χ1) is 15.8. The van der Waals surface area contributed by atoms with Crippen LogP contribution in [-0.2, 0) is 6.54 Å². The molecule has 4 rings (SSSR count). The Balaban J connectivity index is 1.76. The van der Waals surface area contributed by atoms with Gasteiger partial charge >= 0.3 is 6.01 Å². The van der Waals surface area contributed by atoms with E-state index in [1.807, 2.05) is 61.7 Å². The Hall–Kier alpha value is -3.94. The van der Waals surface area contributed by atoms with E-state index in [1.165, 1.54) is 7.11 Å². The van der Waals surface area contributed by atoms with Crippen LogP contribution in [0.1, 0.15) is 51.4 Å². The number of carbonyl (C=O) groups excluding carboxylic acids is 1. The summed E-state index contributed by atoms with van der Waals surface area (Å²) < 4.78 is 7.27. The molecule has 1 amide bonds. The number of carbonyl (C=O) groups is 1. The van der Waals surface area contributed by atoms with Crippen molar-refractivity contribution in [2.24, 2.45) is 0 Å². The number of hydrogen-bond donors (Lipinski definition) is 2. The predicted octanol–water partition coefficient (Wildman–Crippen LogP) is 4.01. The van der Waals surface area contributed by atoms with Gasteiger partial charge in [-0.3, -0.25) is 4.79 Å². The number of rotatable bonds is 6. The van der Waals surface area contributed by atoms with Gasteiger partial charge in [0.05, 0.1) is 24.1 Å². The van der Waals surface area contributed by atoms with Gasteiger partial charge in [0.15, 0.2) is 0 Å². The lowest BCUT2D eigenvalue weighted by atomic mass is 10.1. The minimum atomic E-state index is -0.273. The molecule has 3 heterocycles. The second-order valence-corrected chi connectivity index (χ2v) is 8.08. The third-order valence-corrected chi connectivity index (χ3v) is 5.93. The van der Waals surface area contributed by atoms with Crippen LogP contribution in [0.25, 0.3) is 11.0 Å². The zero-order chi connectivity index (χ0) is 23.7. The van der Waals surface area contributed by atoms with Crippen molar-refractivity contribution in [2.45, 2.75) is 40.3 Å². The molecule has 0 aliphatic heterocycles. The second-order valence-electron chi connectivity index (χ2n) is 8.08. The lowest BCUT2D eigenvalue weighted by Gasteiger charge is -2.18. The Morgan fingerprint density at radius 1 is 1.18 bits per heavy atom. The van der Waals surface area contributed by atoms with Crippen molar-refractivity contribution < 1.29 is 14.6 Å². The number of ether oxygens (including phenoxy) is 1. The van der Waals surface area contributed by atoms with Gasteiger partial charge in [-0.1, -0.05) is 30.3 Å². The molecule has 0 radical (unpaired) electrons. The van der Waals surface area contributed by atoms with Crippen LogP contribution in [0.2, 0.25) is 0 Å². The number of hydrogen-bond acceptors (Lipinski definition) is 6. The van der Waals surface area contributed by atoms with Gasteiger partial charge in [0, 0.05) is 29.7 Å². The molecule has 170 valence electrons. The van der Waals surface area contributed by atoms with Gasteiger partial charge in [-0.15, -0.1) is 0 Å². The van der Waals surface area contributed by atoms with Crippen LogP contribution < -0.4 is 10.1 Å². The third-order valence-electron chi connectivity index (χ3n) is 5.93. The Labute approximate surface area is 192 Å². The molecule has 0 saturated heterocycles. The predicted molar refractivity (Wildman–Crippen MR) is 126 cm³/mol. The summed E-state index contributed by atoms with van der Waals surface area (Å²) in [5, 5.41) is 13.8. The number of fused-ring (bicyclic) bond motifs is 1. The first-order valence-corrected chi connectivity index (χ1v) is 10.7. The van der Waals surface area contributed by atoms with Crippen LogP contribution >= 0.6 is 0 Å². The Morgan fingerprint density at radius 3 is 2.58 bits per heavy atom. The van der Waals surface area contributed by atoms with E-state index in [0.717, 1.165) is 22.5 Å². The van der Waals surface area contributed by atoms with Crippen molar-refractivity contribution in [1.29, 1.82) is 0 Å².